The van der Waals surface area contributed by atoms with Gasteiger partial charge in [0.15, 0.2) is 0 Å². The molecule has 22 heavy (non-hydrogen) atoms. The zero-order valence-corrected chi connectivity index (χ0v) is 14.1. The molecule has 0 N–H and O–H groups in total. The van der Waals surface area contributed by atoms with Gasteiger partial charge in [-0.25, -0.2) is 4.39 Å². The monoisotopic (exact) mass is 325 g/mol. The highest BCUT2D eigenvalue weighted by Crippen LogP contribution is 2.25. The van der Waals surface area contributed by atoms with E-state index < -0.39 is 0 Å². The lowest BCUT2D eigenvalue weighted by atomic mass is 10.0. The molecule has 122 valence electrons. The number of piperidine rings is 1. The summed E-state index contributed by atoms with van der Waals surface area (Å²) in [5, 5.41) is 0. The predicted molar refractivity (Wildman–Crippen MR) is 88.8 cm³/mol. The number of amides is 1. The van der Waals surface area contributed by atoms with Crippen LogP contribution in [0.2, 0.25) is 0 Å². The second-order valence-electron chi connectivity index (χ2n) is 5.59. The van der Waals surface area contributed by atoms with E-state index in [2.05, 4.69) is 6.92 Å². The van der Waals surface area contributed by atoms with Gasteiger partial charge < -0.3 is 9.64 Å². The van der Waals surface area contributed by atoms with Crippen LogP contribution in [-0.2, 0) is 10.5 Å². The number of ether oxygens (including phenoxy) is 1. The third kappa shape index (κ3) is 4.38. The van der Waals surface area contributed by atoms with Crippen molar-refractivity contribution in [3.05, 3.63) is 29.6 Å². The van der Waals surface area contributed by atoms with Crippen molar-refractivity contribution in [2.75, 3.05) is 19.4 Å². The molecule has 1 aromatic carbocycles. The van der Waals surface area contributed by atoms with Crippen LogP contribution in [-0.4, -0.2) is 36.3 Å². The van der Waals surface area contributed by atoms with Crippen molar-refractivity contribution in [3.8, 4) is 5.75 Å². The van der Waals surface area contributed by atoms with Gasteiger partial charge in [0.25, 0.3) is 0 Å². The lowest BCUT2D eigenvalue weighted by Gasteiger charge is -2.35. The fraction of sp³-hybridized carbons (Fsp3) is 0.588. The molecule has 1 unspecified atom stereocenters. The molecule has 0 bridgehead atoms. The predicted octanol–water partition coefficient (Wildman–Crippen LogP) is 3.86. The van der Waals surface area contributed by atoms with Crippen molar-refractivity contribution in [3.63, 3.8) is 0 Å². The van der Waals surface area contributed by atoms with Gasteiger partial charge in [0.05, 0.1) is 12.9 Å². The standard InChI is InChI=1S/C17H24FNO2S/c1-3-15-6-4-5-9-19(15)17(20)12-22-11-13-10-14(18)7-8-16(13)21-2/h7-8,10,15H,3-6,9,11-12H2,1-2H3. The molecule has 1 fully saturated rings. The zero-order valence-electron chi connectivity index (χ0n) is 13.3. The maximum Gasteiger partial charge on any atom is 0.232 e. The Kier molecular flexibility index (Phi) is 6.55. The van der Waals surface area contributed by atoms with E-state index in [0.717, 1.165) is 31.4 Å². The molecular formula is C17H24FNO2S. The van der Waals surface area contributed by atoms with Crippen LogP contribution in [0.25, 0.3) is 0 Å². The van der Waals surface area contributed by atoms with E-state index in [1.807, 2.05) is 4.90 Å². The second kappa shape index (κ2) is 8.42. The molecule has 1 amide bonds. The van der Waals surface area contributed by atoms with Crippen LogP contribution in [0.15, 0.2) is 18.2 Å². The first kappa shape index (κ1) is 17.1. The number of hydrogen-bond acceptors (Lipinski definition) is 3. The van der Waals surface area contributed by atoms with Crippen LogP contribution >= 0.6 is 11.8 Å². The number of hydrogen-bond donors (Lipinski definition) is 0. The summed E-state index contributed by atoms with van der Waals surface area (Å²) in [5.74, 6) is 1.62. The maximum absolute atomic E-state index is 13.3. The molecule has 0 aliphatic carbocycles. The molecule has 0 spiro atoms. The maximum atomic E-state index is 13.3. The van der Waals surface area contributed by atoms with Gasteiger partial charge in [-0.2, -0.15) is 0 Å². The van der Waals surface area contributed by atoms with Crippen molar-refractivity contribution in [1.29, 1.82) is 0 Å². The van der Waals surface area contributed by atoms with Gasteiger partial charge in [-0.1, -0.05) is 6.92 Å². The SMILES string of the molecule is CCC1CCCCN1C(=O)CSCc1cc(F)ccc1OC. The molecule has 0 radical (unpaired) electrons. The van der Waals surface area contributed by atoms with Gasteiger partial charge >= 0.3 is 0 Å². The number of methoxy groups -OCH3 is 1. The van der Waals surface area contributed by atoms with Crippen LogP contribution < -0.4 is 4.74 Å². The number of thioether (sulfide) groups is 1. The van der Waals surface area contributed by atoms with E-state index >= 15 is 0 Å². The molecule has 0 saturated carbocycles. The topological polar surface area (TPSA) is 29.5 Å². The number of halogens is 1. The summed E-state index contributed by atoms with van der Waals surface area (Å²) in [6, 6.07) is 4.89. The van der Waals surface area contributed by atoms with Crippen molar-refractivity contribution >= 4 is 17.7 Å². The number of likely N-dealkylation sites (tertiary alicyclic amines) is 1. The van der Waals surface area contributed by atoms with E-state index in [-0.39, 0.29) is 11.7 Å². The first-order valence-corrected chi connectivity index (χ1v) is 9.00. The van der Waals surface area contributed by atoms with Crippen molar-refractivity contribution in [2.24, 2.45) is 0 Å². The summed E-state index contributed by atoms with van der Waals surface area (Å²) < 4.78 is 18.6. The van der Waals surface area contributed by atoms with Crippen LogP contribution in [0.4, 0.5) is 4.39 Å². The van der Waals surface area contributed by atoms with Gasteiger partial charge in [0, 0.05) is 23.9 Å². The number of nitrogens with zero attached hydrogens (tertiary/aromatic N) is 1. The van der Waals surface area contributed by atoms with Crippen LogP contribution in [0.1, 0.15) is 38.2 Å². The molecule has 3 nitrogen and oxygen atoms in total. The van der Waals surface area contributed by atoms with Gasteiger partial charge in [-0.15, -0.1) is 11.8 Å². The van der Waals surface area contributed by atoms with Crippen molar-refractivity contribution in [1.82, 2.24) is 4.90 Å². The fourth-order valence-corrected chi connectivity index (χ4v) is 3.83. The molecule has 1 aromatic rings. The largest absolute Gasteiger partial charge is 0.496 e. The summed E-state index contributed by atoms with van der Waals surface area (Å²) >= 11 is 1.52. The average molecular weight is 325 g/mol. The molecule has 1 heterocycles. The van der Waals surface area contributed by atoms with Gasteiger partial charge in [0.2, 0.25) is 5.91 Å². The van der Waals surface area contributed by atoms with E-state index in [4.69, 9.17) is 4.74 Å². The smallest absolute Gasteiger partial charge is 0.232 e. The lowest BCUT2D eigenvalue weighted by molar-refractivity contribution is -0.132. The molecule has 1 aliphatic rings. The van der Waals surface area contributed by atoms with E-state index in [0.29, 0.717) is 23.3 Å². The number of rotatable bonds is 6. The summed E-state index contributed by atoms with van der Waals surface area (Å²) in [4.78, 5) is 14.4. The molecule has 2 rings (SSSR count). The second-order valence-corrected chi connectivity index (χ2v) is 6.58. The Balaban J connectivity index is 1.87. The van der Waals surface area contributed by atoms with Gasteiger partial charge in [-0.3, -0.25) is 4.79 Å². The minimum atomic E-state index is -0.273. The number of carbonyl (C=O) groups is 1. The minimum absolute atomic E-state index is 0.201. The van der Waals surface area contributed by atoms with Gasteiger partial charge in [-0.05, 0) is 43.9 Å². The summed E-state index contributed by atoms with van der Waals surface area (Å²) in [5.41, 5.74) is 0.797. The highest BCUT2D eigenvalue weighted by atomic mass is 32.2. The highest BCUT2D eigenvalue weighted by Gasteiger charge is 2.24. The molecule has 0 aromatic heterocycles. The van der Waals surface area contributed by atoms with Crippen molar-refractivity contribution in [2.45, 2.75) is 44.4 Å². The molecule has 1 atom stereocenters. The van der Waals surface area contributed by atoms with E-state index in [1.165, 1.54) is 30.3 Å². The molecule has 5 heteroatoms. The van der Waals surface area contributed by atoms with E-state index in [1.54, 1.807) is 13.2 Å². The zero-order chi connectivity index (χ0) is 15.9. The summed E-state index contributed by atoms with van der Waals surface area (Å²) in [7, 11) is 1.58. The Morgan fingerprint density at radius 1 is 1.45 bits per heavy atom. The number of benzene rings is 1. The van der Waals surface area contributed by atoms with E-state index in [9.17, 15) is 9.18 Å². The Labute approximate surface area is 136 Å². The summed E-state index contributed by atoms with van der Waals surface area (Å²) in [6.07, 6.45) is 4.46. The Hall–Kier alpha value is -1.23. The van der Waals surface area contributed by atoms with Crippen LogP contribution in [0, 0.1) is 5.82 Å². The average Bonchev–Trinajstić information content (AvgIpc) is 2.55. The third-order valence-electron chi connectivity index (χ3n) is 4.14. The first-order valence-electron chi connectivity index (χ1n) is 7.85. The first-order chi connectivity index (χ1) is 10.7. The van der Waals surface area contributed by atoms with Crippen LogP contribution in [0.3, 0.4) is 0 Å². The van der Waals surface area contributed by atoms with Crippen molar-refractivity contribution < 1.29 is 13.9 Å². The molecule has 1 aliphatic heterocycles. The van der Waals surface area contributed by atoms with Crippen LogP contribution in [0.5, 0.6) is 5.75 Å². The highest BCUT2D eigenvalue weighted by molar-refractivity contribution is 7.99. The number of carbonyl (C=O) groups excluding carboxylic acids is 1. The lowest BCUT2D eigenvalue weighted by Crippen LogP contribution is -2.44. The Morgan fingerprint density at radius 2 is 2.27 bits per heavy atom. The summed E-state index contributed by atoms with van der Waals surface area (Å²) in [6.45, 7) is 3.02. The third-order valence-corrected chi connectivity index (χ3v) is 5.11. The Bertz CT molecular complexity index is 509. The molecular weight excluding hydrogens is 301 g/mol. The quantitative estimate of drug-likeness (QED) is 0.795. The normalized spacial score (nSPS) is 18.3. The fourth-order valence-electron chi connectivity index (χ4n) is 2.94. The minimum Gasteiger partial charge on any atom is -0.496 e. The Morgan fingerprint density at radius 3 is 3.00 bits per heavy atom. The van der Waals surface area contributed by atoms with Gasteiger partial charge in [0.1, 0.15) is 11.6 Å². The molecule has 1 saturated heterocycles.